The summed E-state index contributed by atoms with van der Waals surface area (Å²) in [6.07, 6.45) is 2.79. The average Bonchev–Trinajstić information content (AvgIpc) is 2.96. The molecule has 0 spiro atoms. The van der Waals surface area contributed by atoms with Gasteiger partial charge in [0.25, 0.3) is 0 Å². The first kappa shape index (κ1) is 14.5. The maximum atomic E-state index is 12.4. The van der Waals surface area contributed by atoms with Crippen LogP contribution in [0.25, 0.3) is 0 Å². The molecule has 106 valence electrons. The lowest BCUT2D eigenvalue weighted by atomic mass is 9.93. The summed E-state index contributed by atoms with van der Waals surface area (Å²) < 4.78 is 0. The van der Waals surface area contributed by atoms with E-state index in [1.807, 2.05) is 5.38 Å². The van der Waals surface area contributed by atoms with Gasteiger partial charge < -0.3 is 10.6 Å². The van der Waals surface area contributed by atoms with Crippen molar-refractivity contribution in [1.82, 2.24) is 10.3 Å². The third-order valence-electron chi connectivity index (χ3n) is 3.77. The number of aromatic nitrogens is 1. The van der Waals surface area contributed by atoms with Crippen LogP contribution in [0.2, 0.25) is 0 Å². The first-order valence-corrected chi connectivity index (χ1v) is 7.78. The van der Waals surface area contributed by atoms with Crippen molar-refractivity contribution in [2.75, 3.05) is 11.9 Å². The second-order valence-electron chi connectivity index (χ2n) is 6.21. The van der Waals surface area contributed by atoms with Crippen LogP contribution in [-0.2, 0) is 10.2 Å². The number of hydrogen-bond acceptors (Lipinski definition) is 4. The Kier molecular flexibility index (Phi) is 3.97. The van der Waals surface area contributed by atoms with Crippen molar-refractivity contribution in [2.24, 2.45) is 0 Å². The van der Waals surface area contributed by atoms with Crippen molar-refractivity contribution in [3.05, 3.63) is 11.1 Å². The standard InChI is InChI=1S/C14H23N3OS/c1-5-14(7-6-8-15-14)11(18)17-12-16-10(9-19-12)13(2,3)4/h9,15H,5-8H2,1-4H3,(H,16,17,18). The number of thiazole rings is 1. The lowest BCUT2D eigenvalue weighted by Gasteiger charge is -2.26. The number of nitrogens with one attached hydrogen (secondary N) is 2. The summed E-state index contributed by atoms with van der Waals surface area (Å²) in [5, 5.41) is 9.04. The van der Waals surface area contributed by atoms with Gasteiger partial charge in [-0.05, 0) is 25.8 Å². The van der Waals surface area contributed by atoms with Crippen LogP contribution in [0.5, 0.6) is 0 Å². The van der Waals surface area contributed by atoms with Crippen LogP contribution in [0.4, 0.5) is 5.13 Å². The molecule has 1 fully saturated rings. The average molecular weight is 281 g/mol. The quantitative estimate of drug-likeness (QED) is 0.895. The van der Waals surface area contributed by atoms with Crippen molar-refractivity contribution >= 4 is 22.4 Å². The van der Waals surface area contributed by atoms with Crippen LogP contribution in [-0.4, -0.2) is 23.0 Å². The van der Waals surface area contributed by atoms with E-state index in [0.29, 0.717) is 5.13 Å². The number of carbonyl (C=O) groups is 1. The molecule has 0 bridgehead atoms. The molecule has 1 amide bonds. The van der Waals surface area contributed by atoms with Gasteiger partial charge in [0.1, 0.15) is 0 Å². The van der Waals surface area contributed by atoms with Crippen LogP contribution in [0.1, 0.15) is 52.7 Å². The summed E-state index contributed by atoms with van der Waals surface area (Å²) in [6, 6.07) is 0. The Bertz CT molecular complexity index is 456. The molecule has 2 N–H and O–H groups in total. The van der Waals surface area contributed by atoms with E-state index < -0.39 is 5.54 Å². The first-order valence-electron chi connectivity index (χ1n) is 6.90. The smallest absolute Gasteiger partial charge is 0.246 e. The molecular weight excluding hydrogens is 258 g/mol. The van der Waals surface area contributed by atoms with Gasteiger partial charge >= 0.3 is 0 Å². The summed E-state index contributed by atoms with van der Waals surface area (Å²) in [6.45, 7) is 9.35. The van der Waals surface area contributed by atoms with Gasteiger partial charge in [0.05, 0.1) is 11.2 Å². The molecule has 1 saturated heterocycles. The van der Waals surface area contributed by atoms with Gasteiger partial charge in [-0.1, -0.05) is 27.7 Å². The van der Waals surface area contributed by atoms with Crippen LogP contribution >= 0.6 is 11.3 Å². The highest BCUT2D eigenvalue weighted by atomic mass is 32.1. The van der Waals surface area contributed by atoms with E-state index in [0.717, 1.165) is 31.5 Å². The fourth-order valence-corrected chi connectivity index (χ4v) is 3.29. The Balaban J connectivity index is 2.09. The van der Waals surface area contributed by atoms with Gasteiger partial charge in [-0.15, -0.1) is 11.3 Å². The molecular formula is C14H23N3OS. The third kappa shape index (κ3) is 2.98. The van der Waals surface area contributed by atoms with E-state index >= 15 is 0 Å². The van der Waals surface area contributed by atoms with E-state index in [1.165, 1.54) is 11.3 Å². The maximum absolute atomic E-state index is 12.4. The highest BCUT2D eigenvalue weighted by Gasteiger charge is 2.39. The van der Waals surface area contributed by atoms with Crippen molar-refractivity contribution in [2.45, 2.75) is 57.9 Å². The van der Waals surface area contributed by atoms with Gasteiger partial charge in [-0.2, -0.15) is 0 Å². The fourth-order valence-electron chi connectivity index (χ4n) is 2.35. The number of carbonyl (C=O) groups excluding carboxylic acids is 1. The zero-order valence-corrected chi connectivity index (χ0v) is 13.0. The van der Waals surface area contributed by atoms with Gasteiger partial charge in [-0.25, -0.2) is 4.98 Å². The van der Waals surface area contributed by atoms with Gasteiger partial charge in [-0.3, -0.25) is 4.79 Å². The topological polar surface area (TPSA) is 54.0 Å². The first-order chi connectivity index (χ1) is 8.87. The fraction of sp³-hybridized carbons (Fsp3) is 0.714. The third-order valence-corrected chi connectivity index (χ3v) is 4.53. The normalized spacial score (nSPS) is 23.6. The molecule has 19 heavy (non-hydrogen) atoms. The summed E-state index contributed by atoms with van der Waals surface area (Å²) in [5.41, 5.74) is 0.652. The Morgan fingerprint density at radius 3 is 2.79 bits per heavy atom. The monoisotopic (exact) mass is 281 g/mol. The molecule has 0 saturated carbocycles. The van der Waals surface area contributed by atoms with Gasteiger partial charge in [0.2, 0.25) is 5.91 Å². The maximum Gasteiger partial charge on any atom is 0.246 e. The molecule has 4 nitrogen and oxygen atoms in total. The Hall–Kier alpha value is -0.940. The van der Waals surface area contributed by atoms with E-state index in [2.05, 4.69) is 43.3 Å². The number of hydrogen-bond donors (Lipinski definition) is 2. The molecule has 1 aliphatic heterocycles. The van der Waals surface area contributed by atoms with Crippen molar-refractivity contribution in [3.63, 3.8) is 0 Å². The minimum Gasteiger partial charge on any atom is -0.303 e. The Morgan fingerprint density at radius 2 is 2.32 bits per heavy atom. The highest BCUT2D eigenvalue weighted by Crippen LogP contribution is 2.29. The van der Waals surface area contributed by atoms with E-state index in [1.54, 1.807) is 0 Å². The lowest BCUT2D eigenvalue weighted by molar-refractivity contribution is -0.122. The van der Waals surface area contributed by atoms with Crippen molar-refractivity contribution in [3.8, 4) is 0 Å². The minimum absolute atomic E-state index is 0.0214. The second kappa shape index (κ2) is 5.21. The molecule has 2 rings (SSSR count). The van der Waals surface area contributed by atoms with Crippen LogP contribution in [0.3, 0.4) is 0 Å². The van der Waals surface area contributed by atoms with Crippen LogP contribution in [0.15, 0.2) is 5.38 Å². The van der Waals surface area contributed by atoms with E-state index in [-0.39, 0.29) is 11.3 Å². The summed E-state index contributed by atoms with van der Waals surface area (Å²) in [7, 11) is 0. The van der Waals surface area contributed by atoms with Crippen LogP contribution < -0.4 is 10.6 Å². The van der Waals surface area contributed by atoms with E-state index in [4.69, 9.17) is 0 Å². The molecule has 1 aromatic heterocycles. The number of anilines is 1. The summed E-state index contributed by atoms with van der Waals surface area (Å²) in [5.74, 6) is 0.0577. The van der Waals surface area contributed by atoms with E-state index in [9.17, 15) is 4.79 Å². The predicted octanol–water partition coefficient (Wildman–Crippen LogP) is 2.91. The second-order valence-corrected chi connectivity index (χ2v) is 7.07. The SMILES string of the molecule is CCC1(C(=O)Nc2nc(C(C)(C)C)cs2)CCCN1. The largest absolute Gasteiger partial charge is 0.303 e. The molecule has 5 heteroatoms. The molecule has 1 atom stereocenters. The van der Waals surface area contributed by atoms with Crippen molar-refractivity contribution < 1.29 is 4.79 Å². The molecule has 0 aliphatic carbocycles. The molecule has 2 heterocycles. The highest BCUT2D eigenvalue weighted by molar-refractivity contribution is 7.14. The van der Waals surface area contributed by atoms with Crippen molar-refractivity contribution in [1.29, 1.82) is 0 Å². The number of amides is 1. The number of rotatable bonds is 3. The molecule has 0 radical (unpaired) electrons. The zero-order valence-electron chi connectivity index (χ0n) is 12.2. The molecule has 1 unspecified atom stereocenters. The number of nitrogens with zero attached hydrogens (tertiary/aromatic N) is 1. The molecule has 1 aromatic rings. The Morgan fingerprint density at radius 1 is 1.58 bits per heavy atom. The molecule has 1 aliphatic rings. The predicted molar refractivity (Wildman–Crippen MR) is 79.7 cm³/mol. The van der Waals surface area contributed by atoms with Gasteiger partial charge in [0, 0.05) is 10.8 Å². The lowest BCUT2D eigenvalue weighted by Crippen LogP contribution is -2.50. The van der Waals surface area contributed by atoms with Gasteiger partial charge in [0.15, 0.2) is 5.13 Å². The summed E-state index contributed by atoms with van der Waals surface area (Å²) in [4.78, 5) is 16.9. The minimum atomic E-state index is -0.395. The molecule has 0 aromatic carbocycles. The Labute approximate surface area is 119 Å². The zero-order chi connectivity index (χ0) is 14.1. The van der Waals surface area contributed by atoms with Crippen LogP contribution in [0, 0.1) is 0 Å². The summed E-state index contributed by atoms with van der Waals surface area (Å²) >= 11 is 1.50.